The minimum absolute atomic E-state index is 0.124. The van der Waals surface area contributed by atoms with Crippen molar-refractivity contribution in [1.82, 2.24) is 10.3 Å². The summed E-state index contributed by atoms with van der Waals surface area (Å²) in [5.41, 5.74) is 0.898. The van der Waals surface area contributed by atoms with Gasteiger partial charge in [-0.3, -0.25) is 4.79 Å². The number of carbonyl (C=O) groups is 1. The molecular weight excluding hydrogens is 214 g/mol. The summed E-state index contributed by atoms with van der Waals surface area (Å²) in [6.07, 6.45) is 0.0506. The third kappa shape index (κ3) is 2.53. The lowest BCUT2D eigenvalue weighted by atomic mass is 10.2. The molecule has 1 amide bonds. The smallest absolute Gasteiger partial charge is 0.243 e. The van der Waals surface area contributed by atoms with Crippen LogP contribution in [-0.2, 0) is 4.79 Å². The number of aromatic nitrogens is 1. The number of rotatable bonds is 2. The quantitative estimate of drug-likeness (QED) is 0.670. The van der Waals surface area contributed by atoms with Crippen molar-refractivity contribution in [2.24, 2.45) is 0 Å². The van der Waals surface area contributed by atoms with E-state index in [9.17, 15) is 9.90 Å². The normalized spacial score (nSPS) is 25.5. The summed E-state index contributed by atoms with van der Waals surface area (Å²) >= 11 is 1.40. The van der Waals surface area contributed by atoms with E-state index < -0.39 is 6.10 Å². The van der Waals surface area contributed by atoms with Crippen molar-refractivity contribution in [3.8, 4) is 0 Å². The molecule has 0 radical (unpaired) electrons. The van der Waals surface area contributed by atoms with Gasteiger partial charge in [0, 0.05) is 11.9 Å². The Bertz CT molecular complexity index is 366. The highest BCUT2D eigenvalue weighted by molar-refractivity contribution is 7.13. The number of nitrogens with one attached hydrogen (secondary N) is 2. The Kier molecular flexibility index (Phi) is 2.99. The molecule has 0 bridgehead atoms. The van der Waals surface area contributed by atoms with E-state index in [1.54, 1.807) is 0 Å². The zero-order valence-electron chi connectivity index (χ0n) is 8.36. The van der Waals surface area contributed by atoms with Crippen molar-refractivity contribution in [3.63, 3.8) is 0 Å². The third-order valence-corrected chi connectivity index (χ3v) is 3.15. The standard InChI is InChI=1S/C9H13N3O2S/c1-5-4-15-9(11-5)12-8(14)7-2-6(13)3-10-7/h4,6-7,10,13H,2-3H2,1H3,(H,11,12,14). The summed E-state index contributed by atoms with van der Waals surface area (Å²) in [5.74, 6) is -0.124. The number of β-amino-alcohol motifs (C(OH)–C–C–N with tert-alkyl or cyclic N) is 1. The van der Waals surface area contributed by atoms with Gasteiger partial charge in [-0.15, -0.1) is 11.3 Å². The van der Waals surface area contributed by atoms with Crippen molar-refractivity contribution < 1.29 is 9.90 Å². The highest BCUT2D eigenvalue weighted by atomic mass is 32.1. The number of anilines is 1. The molecule has 0 spiro atoms. The van der Waals surface area contributed by atoms with Crippen molar-refractivity contribution >= 4 is 22.4 Å². The number of carbonyl (C=O) groups excluding carboxylic acids is 1. The van der Waals surface area contributed by atoms with Crippen LogP contribution in [0.5, 0.6) is 0 Å². The number of nitrogens with zero attached hydrogens (tertiary/aromatic N) is 1. The van der Waals surface area contributed by atoms with Gasteiger partial charge in [-0.05, 0) is 13.3 Å². The van der Waals surface area contributed by atoms with Gasteiger partial charge in [0.25, 0.3) is 0 Å². The monoisotopic (exact) mass is 227 g/mol. The van der Waals surface area contributed by atoms with Gasteiger partial charge in [-0.2, -0.15) is 0 Å². The number of hydrogen-bond acceptors (Lipinski definition) is 5. The first-order chi connectivity index (χ1) is 7.15. The average Bonchev–Trinajstić information content (AvgIpc) is 2.75. The molecule has 2 rings (SSSR count). The number of aryl methyl sites for hydroxylation is 1. The highest BCUT2D eigenvalue weighted by Gasteiger charge is 2.28. The Balaban J connectivity index is 1.92. The van der Waals surface area contributed by atoms with Crippen molar-refractivity contribution in [3.05, 3.63) is 11.1 Å². The molecule has 15 heavy (non-hydrogen) atoms. The molecule has 5 nitrogen and oxygen atoms in total. The van der Waals surface area contributed by atoms with Crippen LogP contribution in [-0.4, -0.2) is 34.7 Å². The van der Waals surface area contributed by atoms with E-state index >= 15 is 0 Å². The van der Waals surface area contributed by atoms with Crippen LogP contribution >= 0.6 is 11.3 Å². The molecule has 6 heteroatoms. The second kappa shape index (κ2) is 4.26. The number of hydrogen-bond donors (Lipinski definition) is 3. The maximum Gasteiger partial charge on any atom is 0.243 e. The Morgan fingerprint density at radius 3 is 3.13 bits per heavy atom. The summed E-state index contributed by atoms with van der Waals surface area (Å²) in [5, 5.41) is 17.4. The van der Waals surface area contributed by atoms with E-state index in [4.69, 9.17) is 0 Å². The Morgan fingerprint density at radius 2 is 2.60 bits per heavy atom. The van der Waals surface area contributed by atoms with Crippen molar-refractivity contribution in [1.29, 1.82) is 0 Å². The fraction of sp³-hybridized carbons (Fsp3) is 0.556. The predicted molar refractivity (Wildman–Crippen MR) is 57.9 cm³/mol. The summed E-state index contributed by atoms with van der Waals surface area (Å²) in [6.45, 7) is 2.36. The Morgan fingerprint density at radius 1 is 1.80 bits per heavy atom. The fourth-order valence-electron chi connectivity index (χ4n) is 1.52. The maximum atomic E-state index is 11.7. The summed E-state index contributed by atoms with van der Waals surface area (Å²) < 4.78 is 0. The van der Waals surface area contributed by atoms with Gasteiger partial charge in [0.1, 0.15) is 0 Å². The van der Waals surface area contributed by atoms with Crippen LogP contribution in [0.25, 0.3) is 0 Å². The minimum atomic E-state index is -0.418. The van der Waals surface area contributed by atoms with E-state index in [2.05, 4.69) is 15.6 Å². The molecular formula is C9H13N3O2S. The number of aliphatic hydroxyl groups is 1. The molecule has 2 heterocycles. The third-order valence-electron chi connectivity index (χ3n) is 2.27. The molecule has 2 unspecified atom stereocenters. The first kappa shape index (κ1) is 10.5. The van der Waals surface area contributed by atoms with Gasteiger partial charge in [0.15, 0.2) is 5.13 Å². The number of thiazole rings is 1. The first-order valence-electron chi connectivity index (χ1n) is 4.79. The van der Waals surface area contributed by atoms with Crippen LogP contribution in [0.1, 0.15) is 12.1 Å². The van der Waals surface area contributed by atoms with E-state index in [0.29, 0.717) is 18.1 Å². The van der Waals surface area contributed by atoms with E-state index in [1.165, 1.54) is 11.3 Å². The molecule has 1 aromatic heterocycles. The van der Waals surface area contributed by atoms with Crippen LogP contribution in [0.3, 0.4) is 0 Å². The molecule has 1 fully saturated rings. The van der Waals surface area contributed by atoms with Crippen LogP contribution in [0.15, 0.2) is 5.38 Å². The van der Waals surface area contributed by atoms with Crippen molar-refractivity contribution in [2.75, 3.05) is 11.9 Å². The molecule has 0 aromatic carbocycles. The summed E-state index contributed by atoms with van der Waals surface area (Å²) in [6, 6.07) is -0.302. The van der Waals surface area contributed by atoms with Gasteiger partial charge in [-0.1, -0.05) is 0 Å². The van der Waals surface area contributed by atoms with Gasteiger partial charge >= 0.3 is 0 Å². The van der Waals surface area contributed by atoms with Crippen molar-refractivity contribution in [2.45, 2.75) is 25.5 Å². The highest BCUT2D eigenvalue weighted by Crippen LogP contribution is 2.16. The molecule has 1 aromatic rings. The van der Waals surface area contributed by atoms with Gasteiger partial charge in [-0.25, -0.2) is 4.98 Å². The minimum Gasteiger partial charge on any atom is -0.392 e. The lowest BCUT2D eigenvalue weighted by Crippen LogP contribution is -2.35. The number of aliphatic hydroxyl groups excluding tert-OH is 1. The lowest BCUT2D eigenvalue weighted by Gasteiger charge is -2.08. The average molecular weight is 227 g/mol. The summed E-state index contributed by atoms with van der Waals surface area (Å²) in [7, 11) is 0. The van der Waals surface area contributed by atoms with Gasteiger partial charge in [0.2, 0.25) is 5.91 Å². The second-order valence-corrected chi connectivity index (χ2v) is 4.49. The second-order valence-electron chi connectivity index (χ2n) is 3.63. The van der Waals surface area contributed by atoms with Gasteiger partial charge < -0.3 is 15.7 Å². The molecule has 82 valence electrons. The molecule has 1 aliphatic heterocycles. The van der Waals surface area contributed by atoms with Crippen LogP contribution < -0.4 is 10.6 Å². The zero-order chi connectivity index (χ0) is 10.8. The van der Waals surface area contributed by atoms with Gasteiger partial charge in [0.05, 0.1) is 17.8 Å². The van der Waals surface area contributed by atoms with E-state index in [0.717, 1.165) is 5.69 Å². The van der Waals surface area contributed by atoms with E-state index in [-0.39, 0.29) is 11.9 Å². The fourth-order valence-corrected chi connectivity index (χ4v) is 2.21. The molecule has 3 N–H and O–H groups in total. The molecule has 1 saturated heterocycles. The largest absolute Gasteiger partial charge is 0.392 e. The van der Waals surface area contributed by atoms with E-state index in [1.807, 2.05) is 12.3 Å². The molecule has 2 atom stereocenters. The SMILES string of the molecule is Cc1csc(NC(=O)C2CC(O)CN2)n1. The van der Waals surface area contributed by atoms with Crippen LogP contribution in [0, 0.1) is 6.92 Å². The predicted octanol–water partition coefficient (Wildman–Crippen LogP) is 0.113. The lowest BCUT2D eigenvalue weighted by molar-refractivity contribution is -0.117. The van der Waals surface area contributed by atoms with Crippen LogP contribution in [0.4, 0.5) is 5.13 Å². The first-order valence-corrected chi connectivity index (χ1v) is 5.67. The van der Waals surface area contributed by atoms with Crippen LogP contribution in [0.2, 0.25) is 0 Å². The number of amides is 1. The maximum absolute atomic E-state index is 11.7. The Labute approximate surface area is 91.5 Å². The molecule has 0 saturated carbocycles. The molecule has 1 aliphatic rings. The summed E-state index contributed by atoms with van der Waals surface area (Å²) in [4.78, 5) is 15.8. The Hall–Kier alpha value is -0.980. The zero-order valence-corrected chi connectivity index (χ0v) is 9.17. The topological polar surface area (TPSA) is 74.2 Å². The molecule has 0 aliphatic carbocycles.